The number of hydrogen-bond acceptors (Lipinski definition) is 5. The maximum atomic E-state index is 11.6. The third kappa shape index (κ3) is 2.13. The highest BCUT2D eigenvalue weighted by molar-refractivity contribution is 8.13. The average molecular weight is 324 g/mol. The van der Waals surface area contributed by atoms with Gasteiger partial charge in [0, 0.05) is 22.1 Å². The lowest BCUT2D eigenvalue weighted by molar-refractivity contribution is 0.572. The van der Waals surface area contributed by atoms with Crippen LogP contribution < -0.4 is 0 Å². The summed E-state index contributed by atoms with van der Waals surface area (Å²) in [5, 5.41) is 8.40. The second kappa shape index (κ2) is 4.32. The number of benzene rings is 1. The van der Waals surface area contributed by atoms with Gasteiger partial charge in [-0.25, -0.2) is 8.42 Å². The Bertz CT molecular complexity index is 908. The topological polar surface area (TPSA) is 78.0 Å². The Balaban J connectivity index is 1.94. The minimum atomic E-state index is -3.94. The normalized spacial score (nSPS) is 15.7. The Morgan fingerprint density at radius 1 is 1.24 bits per heavy atom. The van der Waals surface area contributed by atoms with Crippen molar-refractivity contribution in [2.24, 2.45) is 0 Å². The summed E-state index contributed by atoms with van der Waals surface area (Å²) in [6, 6.07) is 9.42. The van der Waals surface area contributed by atoms with Crippen molar-refractivity contribution in [3.8, 4) is 11.6 Å². The lowest BCUT2D eigenvalue weighted by Crippen LogP contribution is -2.05. The van der Waals surface area contributed by atoms with E-state index in [0.717, 1.165) is 18.2 Å². The van der Waals surface area contributed by atoms with Crippen LogP contribution in [-0.2, 0) is 9.05 Å². The summed E-state index contributed by atoms with van der Waals surface area (Å²) >= 11 is 0. The Hall–Kier alpha value is -1.86. The van der Waals surface area contributed by atoms with Crippen molar-refractivity contribution < 1.29 is 12.8 Å². The number of fused-ring (bicyclic) bond motifs is 1. The van der Waals surface area contributed by atoms with Gasteiger partial charge in [-0.2, -0.15) is 0 Å². The minimum Gasteiger partial charge on any atom is -0.453 e. The third-order valence-electron chi connectivity index (χ3n) is 3.44. The second-order valence-corrected chi connectivity index (χ2v) is 7.45. The molecule has 0 saturated heterocycles. The van der Waals surface area contributed by atoms with Crippen LogP contribution in [0.15, 0.2) is 39.9 Å². The molecule has 0 N–H and O–H groups in total. The van der Waals surface area contributed by atoms with E-state index < -0.39 is 9.05 Å². The Morgan fingerprint density at radius 2 is 2.00 bits per heavy atom. The second-order valence-electron chi connectivity index (χ2n) is 4.99. The van der Waals surface area contributed by atoms with E-state index in [1.165, 1.54) is 0 Å². The molecule has 1 aliphatic carbocycles. The van der Waals surface area contributed by atoms with Crippen molar-refractivity contribution in [2.45, 2.75) is 24.0 Å². The van der Waals surface area contributed by atoms with E-state index >= 15 is 0 Å². The van der Waals surface area contributed by atoms with Gasteiger partial charge in [-0.3, -0.25) is 4.57 Å². The molecule has 1 aliphatic rings. The van der Waals surface area contributed by atoms with Gasteiger partial charge in [0.2, 0.25) is 5.82 Å². The average Bonchev–Trinajstić information content (AvgIpc) is 3.02. The number of furan rings is 1. The number of nitrogens with zero attached hydrogens (tertiary/aromatic N) is 3. The van der Waals surface area contributed by atoms with Crippen molar-refractivity contribution in [3.63, 3.8) is 0 Å². The van der Waals surface area contributed by atoms with Crippen LogP contribution in [0.2, 0.25) is 0 Å². The SMILES string of the molecule is O=S(=O)(Cl)c1nnc(-c2cc3ccccc3o2)n1C1CC1. The van der Waals surface area contributed by atoms with Crippen molar-refractivity contribution in [1.82, 2.24) is 14.8 Å². The fourth-order valence-corrected chi connectivity index (χ4v) is 3.29. The molecule has 6 nitrogen and oxygen atoms in total. The molecule has 0 radical (unpaired) electrons. The summed E-state index contributed by atoms with van der Waals surface area (Å²) in [6.45, 7) is 0. The van der Waals surface area contributed by atoms with E-state index in [4.69, 9.17) is 15.1 Å². The molecule has 0 amide bonds. The van der Waals surface area contributed by atoms with E-state index in [1.54, 1.807) is 4.57 Å². The molecule has 8 heteroatoms. The van der Waals surface area contributed by atoms with E-state index in [0.29, 0.717) is 17.2 Å². The number of para-hydroxylation sites is 1. The quantitative estimate of drug-likeness (QED) is 0.692. The highest BCUT2D eigenvalue weighted by atomic mass is 35.7. The zero-order valence-corrected chi connectivity index (χ0v) is 12.3. The largest absolute Gasteiger partial charge is 0.453 e. The summed E-state index contributed by atoms with van der Waals surface area (Å²) < 4.78 is 30.5. The highest BCUT2D eigenvalue weighted by Gasteiger charge is 2.35. The third-order valence-corrected chi connectivity index (χ3v) is 4.57. The van der Waals surface area contributed by atoms with Crippen LogP contribution in [0.5, 0.6) is 0 Å². The van der Waals surface area contributed by atoms with Crippen LogP contribution in [-0.4, -0.2) is 23.2 Å². The van der Waals surface area contributed by atoms with Gasteiger partial charge < -0.3 is 4.42 Å². The molecule has 21 heavy (non-hydrogen) atoms. The van der Waals surface area contributed by atoms with Crippen LogP contribution in [0.1, 0.15) is 18.9 Å². The maximum Gasteiger partial charge on any atom is 0.296 e. The smallest absolute Gasteiger partial charge is 0.296 e. The molecule has 0 bridgehead atoms. The molecule has 0 unspecified atom stereocenters. The monoisotopic (exact) mass is 323 g/mol. The van der Waals surface area contributed by atoms with Crippen LogP contribution in [0.25, 0.3) is 22.6 Å². The first kappa shape index (κ1) is 12.8. The van der Waals surface area contributed by atoms with Crippen molar-refractivity contribution >= 4 is 30.7 Å². The summed E-state index contributed by atoms with van der Waals surface area (Å²) in [4.78, 5) is 0. The molecule has 108 valence electrons. The van der Waals surface area contributed by atoms with Crippen LogP contribution in [0, 0.1) is 0 Å². The van der Waals surface area contributed by atoms with E-state index in [2.05, 4.69) is 10.2 Å². The standard InChI is InChI=1S/C13H10ClN3O3S/c14-21(18,19)13-16-15-12(17(13)9-5-6-9)11-7-8-3-1-2-4-10(8)20-11/h1-4,7,9H,5-6H2. The molecule has 3 aromatic rings. The number of rotatable bonds is 3. The summed E-state index contributed by atoms with van der Waals surface area (Å²) in [6.07, 6.45) is 1.76. The first-order valence-electron chi connectivity index (χ1n) is 6.42. The molecule has 2 aromatic heterocycles. The van der Waals surface area contributed by atoms with Gasteiger partial charge in [0.15, 0.2) is 5.76 Å². The van der Waals surface area contributed by atoms with Gasteiger partial charge in [0.05, 0.1) is 0 Å². The first-order chi connectivity index (χ1) is 10.0. The van der Waals surface area contributed by atoms with Crippen LogP contribution >= 0.6 is 10.7 Å². The van der Waals surface area contributed by atoms with E-state index in [9.17, 15) is 8.42 Å². The summed E-state index contributed by atoms with van der Waals surface area (Å²) in [5.74, 6) is 0.884. The molecule has 4 rings (SSSR count). The molecule has 2 heterocycles. The van der Waals surface area contributed by atoms with Gasteiger partial charge in [-0.1, -0.05) is 18.2 Å². The molecule has 0 atom stereocenters. The Morgan fingerprint density at radius 3 is 2.67 bits per heavy atom. The lowest BCUT2D eigenvalue weighted by Gasteiger charge is -2.04. The Labute approximate surface area is 124 Å². The molecular weight excluding hydrogens is 314 g/mol. The van der Waals surface area contributed by atoms with Crippen molar-refractivity contribution in [2.75, 3.05) is 0 Å². The summed E-state index contributed by atoms with van der Waals surface area (Å²) in [5.41, 5.74) is 0.716. The van der Waals surface area contributed by atoms with Gasteiger partial charge in [0.1, 0.15) is 5.58 Å². The maximum absolute atomic E-state index is 11.6. The lowest BCUT2D eigenvalue weighted by atomic mass is 10.2. The first-order valence-corrected chi connectivity index (χ1v) is 8.73. The van der Waals surface area contributed by atoms with Gasteiger partial charge in [-0.05, 0) is 25.0 Å². The fraction of sp³-hybridized carbons (Fsp3) is 0.231. The van der Waals surface area contributed by atoms with Gasteiger partial charge in [0.25, 0.3) is 14.2 Å². The van der Waals surface area contributed by atoms with Crippen molar-refractivity contribution in [3.05, 3.63) is 30.3 Å². The molecule has 1 aromatic carbocycles. The zero-order chi connectivity index (χ0) is 14.6. The molecule has 1 fully saturated rings. The Kier molecular flexibility index (Phi) is 2.64. The summed E-state index contributed by atoms with van der Waals surface area (Å²) in [7, 11) is 1.50. The van der Waals surface area contributed by atoms with E-state index in [-0.39, 0.29) is 11.2 Å². The fourth-order valence-electron chi connectivity index (χ4n) is 2.37. The predicted octanol–water partition coefficient (Wildman–Crippen LogP) is 2.95. The van der Waals surface area contributed by atoms with Crippen molar-refractivity contribution in [1.29, 1.82) is 0 Å². The van der Waals surface area contributed by atoms with Gasteiger partial charge in [-0.15, -0.1) is 10.2 Å². The number of halogens is 1. The van der Waals surface area contributed by atoms with Crippen LogP contribution in [0.4, 0.5) is 0 Å². The molecular formula is C13H10ClN3O3S. The van der Waals surface area contributed by atoms with E-state index in [1.807, 2.05) is 30.3 Å². The number of hydrogen-bond donors (Lipinski definition) is 0. The predicted molar refractivity (Wildman–Crippen MR) is 76.5 cm³/mol. The van der Waals surface area contributed by atoms with Gasteiger partial charge >= 0.3 is 0 Å². The highest BCUT2D eigenvalue weighted by Crippen LogP contribution is 2.41. The van der Waals surface area contributed by atoms with Crippen LogP contribution in [0.3, 0.4) is 0 Å². The molecule has 0 aliphatic heterocycles. The number of aromatic nitrogens is 3. The minimum absolute atomic E-state index is 0.0618. The molecule has 0 spiro atoms. The molecule has 1 saturated carbocycles. The zero-order valence-electron chi connectivity index (χ0n) is 10.7.